The van der Waals surface area contributed by atoms with Crippen molar-refractivity contribution in [1.29, 1.82) is 0 Å². The van der Waals surface area contributed by atoms with Gasteiger partial charge in [-0.15, -0.1) is 0 Å². The van der Waals surface area contributed by atoms with E-state index in [1.165, 1.54) is 0 Å². The van der Waals surface area contributed by atoms with Gasteiger partial charge in [0.2, 0.25) is 0 Å². The highest BCUT2D eigenvalue weighted by molar-refractivity contribution is 6.05. The number of methoxy groups -OCH3 is 1. The Morgan fingerprint density at radius 2 is 1.45 bits per heavy atom. The van der Waals surface area contributed by atoms with Crippen molar-refractivity contribution < 1.29 is 23.9 Å². The van der Waals surface area contributed by atoms with Gasteiger partial charge in [0.25, 0.3) is 11.8 Å². The van der Waals surface area contributed by atoms with Crippen LogP contribution in [0.5, 0.6) is 0 Å². The number of carbonyl (C=O) groups is 4. The third-order valence-electron chi connectivity index (χ3n) is 4.44. The van der Waals surface area contributed by atoms with E-state index < -0.39 is 17.4 Å². The van der Waals surface area contributed by atoms with E-state index >= 15 is 0 Å². The van der Waals surface area contributed by atoms with Crippen molar-refractivity contribution in [3.05, 3.63) is 71.8 Å². The van der Waals surface area contributed by atoms with Crippen molar-refractivity contribution in [3.8, 4) is 0 Å². The SMILES string of the molecule is COC(=O)[C@@](C=O)(CCCCNC(=O)c1ccccc1)NC(=O)c1ccccc1. The maximum Gasteiger partial charge on any atom is 0.339 e. The molecule has 0 spiro atoms. The third kappa shape index (κ3) is 6.00. The summed E-state index contributed by atoms with van der Waals surface area (Å²) in [6.07, 6.45) is 1.40. The first-order chi connectivity index (χ1) is 14.0. The minimum atomic E-state index is -1.77. The van der Waals surface area contributed by atoms with Crippen LogP contribution in [-0.4, -0.2) is 43.3 Å². The maximum absolute atomic E-state index is 12.4. The molecule has 0 aliphatic carbocycles. The van der Waals surface area contributed by atoms with Crippen LogP contribution in [-0.2, 0) is 14.3 Å². The highest BCUT2D eigenvalue weighted by Crippen LogP contribution is 2.16. The predicted octanol–water partition coefficient (Wildman–Crippen LogP) is 2.13. The van der Waals surface area contributed by atoms with Crippen molar-refractivity contribution in [2.45, 2.75) is 24.8 Å². The van der Waals surface area contributed by atoms with Crippen LogP contribution in [0, 0.1) is 0 Å². The van der Waals surface area contributed by atoms with Crippen LogP contribution in [0.15, 0.2) is 60.7 Å². The Morgan fingerprint density at radius 1 is 0.897 bits per heavy atom. The van der Waals surface area contributed by atoms with Crippen molar-refractivity contribution in [2.75, 3.05) is 13.7 Å². The maximum atomic E-state index is 12.4. The number of hydrogen-bond donors (Lipinski definition) is 2. The van der Waals surface area contributed by atoms with E-state index in [0.717, 1.165) is 7.11 Å². The van der Waals surface area contributed by atoms with E-state index in [2.05, 4.69) is 10.6 Å². The van der Waals surface area contributed by atoms with Crippen LogP contribution in [0.2, 0.25) is 0 Å². The summed E-state index contributed by atoms with van der Waals surface area (Å²) in [5.74, 6) is -1.57. The zero-order valence-electron chi connectivity index (χ0n) is 16.2. The fourth-order valence-corrected chi connectivity index (χ4v) is 2.82. The summed E-state index contributed by atoms with van der Waals surface area (Å²) in [4.78, 5) is 48.5. The van der Waals surface area contributed by atoms with E-state index in [1.54, 1.807) is 54.6 Å². The molecule has 0 bridgehead atoms. The molecule has 0 fully saturated rings. The molecule has 2 aromatic rings. The molecule has 0 saturated carbocycles. The number of hydrogen-bond acceptors (Lipinski definition) is 5. The number of rotatable bonds is 10. The van der Waals surface area contributed by atoms with Gasteiger partial charge >= 0.3 is 5.97 Å². The van der Waals surface area contributed by atoms with E-state index in [4.69, 9.17) is 4.74 Å². The molecule has 0 heterocycles. The zero-order chi connectivity index (χ0) is 21.1. The van der Waals surface area contributed by atoms with Gasteiger partial charge in [0.1, 0.15) is 0 Å². The van der Waals surface area contributed by atoms with Crippen LogP contribution in [0.4, 0.5) is 0 Å². The Kier molecular flexibility index (Phi) is 8.09. The molecule has 0 aromatic heterocycles. The molecule has 0 unspecified atom stereocenters. The monoisotopic (exact) mass is 396 g/mol. The zero-order valence-corrected chi connectivity index (χ0v) is 16.2. The van der Waals surface area contributed by atoms with E-state index in [-0.39, 0.29) is 12.3 Å². The van der Waals surface area contributed by atoms with Crippen molar-refractivity contribution >= 4 is 24.1 Å². The Hall–Kier alpha value is -3.48. The van der Waals surface area contributed by atoms with Crippen molar-refractivity contribution in [2.24, 2.45) is 0 Å². The molecule has 7 heteroatoms. The number of amides is 2. The number of unbranched alkanes of at least 4 members (excludes halogenated alkanes) is 1. The lowest BCUT2D eigenvalue weighted by Gasteiger charge is -2.26. The summed E-state index contributed by atoms with van der Waals surface area (Å²) < 4.78 is 4.74. The van der Waals surface area contributed by atoms with Crippen molar-refractivity contribution in [1.82, 2.24) is 10.6 Å². The number of nitrogens with one attached hydrogen (secondary N) is 2. The molecule has 0 radical (unpaired) electrons. The van der Waals surface area contributed by atoms with Crippen molar-refractivity contribution in [3.63, 3.8) is 0 Å². The molecule has 0 aliphatic heterocycles. The summed E-state index contributed by atoms with van der Waals surface area (Å²) in [6.45, 7) is 0.371. The molecule has 0 saturated heterocycles. The van der Waals surface area contributed by atoms with Gasteiger partial charge in [-0.3, -0.25) is 9.59 Å². The molecule has 29 heavy (non-hydrogen) atoms. The van der Waals surface area contributed by atoms with Crippen LogP contribution < -0.4 is 10.6 Å². The molecule has 2 aromatic carbocycles. The average Bonchev–Trinajstić information content (AvgIpc) is 2.78. The molecule has 0 aliphatic rings. The summed E-state index contributed by atoms with van der Waals surface area (Å²) in [5, 5.41) is 5.29. The molecule has 7 nitrogen and oxygen atoms in total. The Bertz CT molecular complexity index is 839. The molecule has 152 valence electrons. The van der Waals surface area contributed by atoms with Crippen LogP contribution in [0.3, 0.4) is 0 Å². The topological polar surface area (TPSA) is 102 Å². The molecule has 1 atom stereocenters. The Labute approximate surface area is 169 Å². The predicted molar refractivity (Wildman–Crippen MR) is 107 cm³/mol. The standard InChI is InChI=1S/C22H24N2O5/c1-29-21(28)22(16-25,24-20(27)18-12-6-3-7-13-18)14-8-9-15-23-19(26)17-10-4-2-5-11-17/h2-7,10-13,16H,8-9,14-15H2,1H3,(H,23,26)(H,24,27)/t22-/m0/s1. The molecular weight excluding hydrogens is 372 g/mol. The van der Waals surface area contributed by atoms with E-state index in [9.17, 15) is 19.2 Å². The van der Waals surface area contributed by atoms with E-state index in [1.807, 2.05) is 6.07 Å². The molecular formula is C22H24N2O5. The quantitative estimate of drug-likeness (QED) is 0.277. The Balaban J connectivity index is 1.92. The summed E-state index contributed by atoms with van der Waals surface area (Å²) in [5.41, 5.74) is -0.886. The number of benzene rings is 2. The van der Waals surface area contributed by atoms with Gasteiger partial charge in [-0.1, -0.05) is 36.4 Å². The van der Waals surface area contributed by atoms with Gasteiger partial charge in [0.05, 0.1) is 7.11 Å². The fourth-order valence-electron chi connectivity index (χ4n) is 2.82. The summed E-state index contributed by atoms with van der Waals surface area (Å²) >= 11 is 0. The number of aldehydes is 1. The fraction of sp³-hybridized carbons (Fsp3) is 0.273. The van der Waals surface area contributed by atoms with Gasteiger partial charge in [0.15, 0.2) is 11.8 Å². The molecule has 2 N–H and O–H groups in total. The summed E-state index contributed by atoms with van der Waals surface area (Å²) in [6, 6.07) is 17.1. The molecule has 2 amide bonds. The largest absolute Gasteiger partial charge is 0.467 e. The smallest absolute Gasteiger partial charge is 0.339 e. The first-order valence-electron chi connectivity index (χ1n) is 9.28. The summed E-state index contributed by atoms with van der Waals surface area (Å²) in [7, 11) is 1.16. The first-order valence-corrected chi connectivity index (χ1v) is 9.28. The second-order valence-electron chi connectivity index (χ2n) is 6.48. The first kappa shape index (κ1) is 21.8. The lowest BCUT2D eigenvalue weighted by Crippen LogP contribution is -2.56. The highest BCUT2D eigenvalue weighted by atomic mass is 16.5. The normalized spacial score (nSPS) is 12.3. The highest BCUT2D eigenvalue weighted by Gasteiger charge is 2.40. The number of ether oxygens (including phenoxy) is 1. The minimum Gasteiger partial charge on any atom is -0.467 e. The number of esters is 1. The van der Waals surface area contributed by atoms with Gasteiger partial charge in [-0.2, -0.15) is 0 Å². The lowest BCUT2D eigenvalue weighted by molar-refractivity contribution is -0.150. The second kappa shape index (κ2) is 10.8. The van der Waals surface area contributed by atoms with Gasteiger partial charge < -0.3 is 20.2 Å². The average molecular weight is 396 g/mol. The van der Waals surface area contributed by atoms with Crippen LogP contribution >= 0.6 is 0 Å². The Morgan fingerprint density at radius 3 is 1.97 bits per heavy atom. The van der Waals surface area contributed by atoms with E-state index in [0.29, 0.717) is 36.8 Å². The van der Waals surface area contributed by atoms with Gasteiger partial charge in [-0.05, 0) is 43.5 Å². The van der Waals surface area contributed by atoms with Crippen LogP contribution in [0.25, 0.3) is 0 Å². The van der Waals surface area contributed by atoms with Crippen LogP contribution in [0.1, 0.15) is 40.0 Å². The minimum absolute atomic E-state index is 0.0585. The van der Waals surface area contributed by atoms with Gasteiger partial charge in [-0.25, -0.2) is 4.79 Å². The lowest BCUT2D eigenvalue weighted by atomic mass is 9.93. The second-order valence-corrected chi connectivity index (χ2v) is 6.48. The molecule has 2 rings (SSSR count). The third-order valence-corrected chi connectivity index (χ3v) is 4.44. The number of carbonyl (C=O) groups excluding carboxylic acids is 4. The van der Waals surface area contributed by atoms with Gasteiger partial charge in [0, 0.05) is 17.7 Å².